The van der Waals surface area contributed by atoms with Crippen LogP contribution in [0.5, 0.6) is 0 Å². The molecular weight excluding hydrogens is 318 g/mol. The number of ether oxygens (including phenoxy) is 1. The third-order valence-corrected chi connectivity index (χ3v) is 4.85. The van der Waals surface area contributed by atoms with Gasteiger partial charge in [-0.3, -0.25) is 9.78 Å². The number of hydrogen-bond donors (Lipinski definition) is 0. The lowest BCUT2D eigenvalue weighted by Gasteiger charge is -2.51. The Bertz CT molecular complexity index is 627. The maximum absolute atomic E-state index is 12.6. The van der Waals surface area contributed by atoms with Crippen molar-refractivity contribution >= 4 is 12.0 Å². The molecule has 6 nitrogen and oxygen atoms in total. The van der Waals surface area contributed by atoms with Crippen LogP contribution >= 0.6 is 0 Å². The summed E-state index contributed by atoms with van der Waals surface area (Å²) < 4.78 is 5.51. The van der Waals surface area contributed by atoms with E-state index in [4.69, 9.17) is 4.74 Å². The van der Waals surface area contributed by atoms with E-state index in [1.165, 1.54) is 0 Å². The van der Waals surface area contributed by atoms with Crippen LogP contribution in [0.4, 0.5) is 4.79 Å². The highest BCUT2D eigenvalue weighted by Crippen LogP contribution is 2.30. The third kappa shape index (κ3) is 4.30. The summed E-state index contributed by atoms with van der Waals surface area (Å²) >= 11 is 0. The average molecular weight is 345 g/mol. The summed E-state index contributed by atoms with van der Waals surface area (Å²) in [4.78, 5) is 32.8. The lowest BCUT2D eigenvalue weighted by Crippen LogP contribution is -2.65. The molecule has 6 heteroatoms. The Morgan fingerprint density at radius 1 is 1.12 bits per heavy atom. The Morgan fingerprint density at radius 2 is 1.72 bits per heavy atom. The smallest absolute Gasteiger partial charge is 0.410 e. The Hall–Kier alpha value is -2.11. The van der Waals surface area contributed by atoms with Crippen LogP contribution in [0.2, 0.25) is 0 Å². The van der Waals surface area contributed by atoms with E-state index in [2.05, 4.69) is 4.98 Å². The maximum atomic E-state index is 12.6. The Balaban J connectivity index is 1.56. The molecule has 3 fully saturated rings. The number of carbonyl (C=O) groups is 2. The highest BCUT2D eigenvalue weighted by atomic mass is 16.6. The van der Waals surface area contributed by atoms with Crippen molar-refractivity contribution in [2.24, 2.45) is 0 Å². The highest BCUT2D eigenvalue weighted by molar-refractivity contribution is 5.78. The second kappa shape index (κ2) is 7.02. The summed E-state index contributed by atoms with van der Waals surface area (Å²) in [6.45, 7) is 6.84. The molecule has 2 unspecified atom stereocenters. The molecule has 2 bridgehead atoms. The van der Waals surface area contributed by atoms with E-state index in [1.807, 2.05) is 42.7 Å². The molecule has 25 heavy (non-hydrogen) atoms. The summed E-state index contributed by atoms with van der Waals surface area (Å²) in [6, 6.07) is 4.08. The van der Waals surface area contributed by atoms with Crippen LogP contribution in [-0.4, -0.2) is 57.6 Å². The van der Waals surface area contributed by atoms with Gasteiger partial charge in [0, 0.05) is 37.9 Å². The largest absolute Gasteiger partial charge is 0.444 e. The molecule has 2 atom stereocenters. The number of pyridine rings is 1. The van der Waals surface area contributed by atoms with Crippen LogP contribution in [0.1, 0.15) is 45.6 Å². The Kier molecular flexibility index (Phi) is 4.97. The number of rotatable bonds is 3. The second-order valence-electron chi connectivity index (χ2n) is 7.92. The van der Waals surface area contributed by atoms with Gasteiger partial charge < -0.3 is 14.5 Å². The lowest BCUT2D eigenvalue weighted by molar-refractivity contribution is -0.141. The van der Waals surface area contributed by atoms with Crippen molar-refractivity contribution in [3.63, 3.8) is 0 Å². The van der Waals surface area contributed by atoms with Crippen LogP contribution in [0, 0.1) is 0 Å². The second-order valence-corrected chi connectivity index (χ2v) is 7.92. The summed E-state index contributed by atoms with van der Waals surface area (Å²) in [7, 11) is 0. The normalized spacial score (nSPS) is 22.8. The van der Waals surface area contributed by atoms with Crippen molar-refractivity contribution in [3.05, 3.63) is 30.1 Å². The van der Waals surface area contributed by atoms with Crippen molar-refractivity contribution in [2.45, 2.75) is 64.1 Å². The summed E-state index contributed by atoms with van der Waals surface area (Å²) in [5, 5.41) is 0. The van der Waals surface area contributed by atoms with E-state index in [9.17, 15) is 9.59 Å². The minimum atomic E-state index is -0.492. The fraction of sp³-hybridized carbons (Fsp3) is 0.632. The van der Waals surface area contributed by atoms with Gasteiger partial charge in [0.15, 0.2) is 0 Å². The molecule has 0 saturated carbocycles. The molecule has 2 amide bonds. The van der Waals surface area contributed by atoms with Crippen LogP contribution in [0.3, 0.4) is 0 Å². The van der Waals surface area contributed by atoms with Crippen molar-refractivity contribution in [3.8, 4) is 0 Å². The minimum Gasteiger partial charge on any atom is -0.444 e. The highest BCUT2D eigenvalue weighted by Gasteiger charge is 2.43. The molecule has 3 aliphatic rings. The van der Waals surface area contributed by atoms with Gasteiger partial charge in [-0.25, -0.2) is 4.79 Å². The lowest BCUT2D eigenvalue weighted by atomic mass is 9.90. The van der Waals surface area contributed by atoms with E-state index < -0.39 is 5.60 Å². The van der Waals surface area contributed by atoms with Gasteiger partial charge in [0.25, 0.3) is 0 Å². The number of piperazine rings is 1. The van der Waals surface area contributed by atoms with Crippen molar-refractivity contribution in [1.29, 1.82) is 0 Å². The topological polar surface area (TPSA) is 62.7 Å². The first-order chi connectivity index (χ1) is 11.8. The van der Waals surface area contributed by atoms with Crippen LogP contribution in [-0.2, 0) is 16.0 Å². The molecule has 0 aliphatic carbocycles. The first-order valence-corrected chi connectivity index (χ1v) is 9.01. The summed E-state index contributed by atoms with van der Waals surface area (Å²) in [5.74, 6) is 0.176. The number of hydrogen-bond acceptors (Lipinski definition) is 4. The molecule has 136 valence electrons. The predicted molar refractivity (Wildman–Crippen MR) is 94.0 cm³/mol. The minimum absolute atomic E-state index is 0.0738. The van der Waals surface area contributed by atoms with E-state index in [1.54, 1.807) is 12.4 Å². The zero-order chi connectivity index (χ0) is 18.0. The van der Waals surface area contributed by atoms with Gasteiger partial charge in [-0.05, 0) is 57.7 Å². The van der Waals surface area contributed by atoms with Gasteiger partial charge in [0.1, 0.15) is 5.60 Å². The molecule has 0 spiro atoms. The van der Waals surface area contributed by atoms with Crippen molar-refractivity contribution in [2.75, 3.05) is 13.1 Å². The molecule has 0 N–H and O–H groups in total. The van der Waals surface area contributed by atoms with Crippen molar-refractivity contribution < 1.29 is 14.3 Å². The van der Waals surface area contributed by atoms with Gasteiger partial charge >= 0.3 is 6.09 Å². The number of fused-ring (bicyclic) bond motifs is 3. The van der Waals surface area contributed by atoms with Gasteiger partial charge in [-0.15, -0.1) is 0 Å². The fourth-order valence-electron chi connectivity index (χ4n) is 3.62. The van der Waals surface area contributed by atoms with Crippen LogP contribution in [0.15, 0.2) is 24.5 Å². The number of aromatic nitrogens is 1. The van der Waals surface area contributed by atoms with Crippen molar-refractivity contribution in [1.82, 2.24) is 14.8 Å². The van der Waals surface area contributed by atoms with Gasteiger partial charge in [-0.2, -0.15) is 0 Å². The van der Waals surface area contributed by atoms with E-state index in [-0.39, 0.29) is 24.1 Å². The Morgan fingerprint density at radius 3 is 2.28 bits per heavy atom. The quantitative estimate of drug-likeness (QED) is 0.845. The number of amides is 2. The van der Waals surface area contributed by atoms with Crippen LogP contribution in [0.25, 0.3) is 0 Å². The zero-order valence-corrected chi connectivity index (χ0v) is 15.3. The molecule has 1 aromatic heterocycles. The van der Waals surface area contributed by atoms with Crippen LogP contribution < -0.4 is 0 Å². The average Bonchev–Trinajstić information content (AvgIpc) is 2.59. The number of piperidine rings is 2. The molecule has 0 aromatic carbocycles. The third-order valence-electron chi connectivity index (χ3n) is 4.85. The fourth-order valence-corrected chi connectivity index (χ4v) is 3.62. The molecule has 0 radical (unpaired) electrons. The van der Waals surface area contributed by atoms with Gasteiger partial charge in [0.2, 0.25) is 5.91 Å². The van der Waals surface area contributed by atoms with Gasteiger partial charge in [-0.1, -0.05) is 0 Å². The summed E-state index contributed by atoms with van der Waals surface area (Å²) in [6.07, 6.45) is 6.38. The predicted octanol–water partition coefficient (Wildman–Crippen LogP) is 2.62. The van der Waals surface area contributed by atoms with E-state index in [0.717, 1.165) is 24.8 Å². The number of carbonyl (C=O) groups excluding carboxylic acids is 2. The SMILES string of the molecule is CC(C)(C)OC(=O)N1CC2CCC1CN2C(=O)CCc1ccncc1. The molecule has 4 rings (SSSR count). The van der Waals surface area contributed by atoms with E-state index in [0.29, 0.717) is 19.5 Å². The molecule has 1 aromatic rings. The number of nitrogens with zero attached hydrogens (tertiary/aromatic N) is 3. The first-order valence-electron chi connectivity index (χ1n) is 9.01. The molecule has 3 aliphatic heterocycles. The maximum Gasteiger partial charge on any atom is 0.410 e. The van der Waals surface area contributed by atoms with E-state index >= 15 is 0 Å². The zero-order valence-electron chi connectivity index (χ0n) is 15.3. The molecular formula is C19H27N3O3. The first kappa shape index (κ1) is 17.7. The number of aryl methyl sites for hydroxylation is 1. The Labute approximate surface area is 149 Å². The summed E-state index contributed by atoms with van der Waals surface area (Å²) in [5.41, 5.74) is 0.634. The molecule has 3 saturated heterocycles. The monoisotopic (exact) mass is 345 g/mol. The standard InChI is InChI=1S/C19H27N3O3/c1-19(2,3)25-18(24)22-13-15-5-6-16(22)12-21(15)17(23)7-4-14-8-10-20-11-9-14/h8-11,15-16H,4-7,12-13H2,1-3H3. The molecule has 4 heterocycles. The van der Waals surface area contributed by atoms with Gasteiger partial charge in [0.05, 0.1) is 6.04 Å².